The molecule has 0 saturated heterocycles. The molecule has 3 aromatic rings. The molecular weight excluding hydrogens is 402 g/mol. The Balaban J connectivity index is 1.69. The van der Waals surface area contributed by atoms with E-state index in [9.17, 15) is 13.2 Å². The summed E-state index contributed by atoms with van der Waals surface area (Å²) in [6, 6.07) is 14.5. The molecule has 9 heteroatoms. The van der Waals surface area contributed by atoms with Gasteiger partial charge in [0.15, 0.2) is 15.5 Å². The molecule has 0 fully saturated rings. The SMILES string of the molecule is CS(=O)(=O)c1ccc(CNCc2cccc(-c3cnc(CN)c(C(N)=O)n3)c2)cc1. The van der Waals surface area contributed by atoms with Gasteiger partial charge in [-0.15, -0.1) is 0 Å². The lowest BCUT2D eigenvalue weighted by Gasteiger charge is -2.09. The Bertz CT molecular complexity index is 1160. The molecule has 3 rings (SSSR count). The largest absolute Gasteiger partial charge is 0.364 e. The summed E-state index contributed by atoms with van der Waals surface area (Å²) in [4.78, 5) is 20.4. The normalized spacial score (nSPS) is 11.4. The number of carbonyl (C=O) groups excluding carboxylic acids is 1. The van der Waals surface area contributed by atoms with E-state index in [2.05, 4.69) is 15.3 Å². The Morgan fingerprint density at radius 3 is 2.40 bits per heavy atom. The number of nitrogens with two attached hydrogens (primary N) is 2. The summed E-state index contributed by atoms with van der Waals surface area (Å²) in [5.41, 5.74) is 14.8. The lowest BCUT2D eigenvalue weighted by molar-refractivity contribution is 0.0994. The molecule has 0 atom stereocenters. The van der Waals surface area contributed by atoms with E-state index in [1.54, 1.807) is 30.5 Å². The van der Waals surface area contributed by atoms with E-state index in [1.165, 1.54) is 6.26 Å². The highest BCUT2D eigenvalue weighted by Crippen LogP contribution is 2.19. The van der Waals surface area contributed by atoms with Crippen LogP contribution in [0.4, 0.5) is 0 Å². The highest BCUT2D eigenvalue weighted by atomic mass is 32.2. The molecule has 0 unspecified atom stereocenters. The Morgan fingerprint density at radius 1 is 1.07 bits per heavy atom. The molecule has 1 amide bonds. The van der Waals surface area contributed by atoms with Crippen LogP contribution in [-0.4, -0.2) is 30.5 Å². The average molecular weight is 426 g/mol. The first-order valence-corrected chi connectivity index (χ1v) is 11.1. The van der Waals surface area contributed by atoms with Crippen molar-refractivity contribution in [3.05, 3.63) is 77.2 Å². The molecule has 0 bridgehead atoms. The van der Waals surface area contributed by atoms with Crippen LogP contribution >= 0.6 is 0 Å². The van der Waals surface area contributed by atoms with Crippen LogP contribution in [0.2, 0.25) is 0 Å². The van der Waals surface area contributed by atoms with Gasteiger partial charge in [0.25, 0.3) is 5.91 Å². The summed E-state index contributed by atoms with van der Waals surface area (Å²) in [5.74, 6) is -0.662. The maximum Gasteiger partial charge on any atom is 0.269 e. The van der Waals surface area contributed by atoms with Crippen molar-refractivity contribution in [3.8, 4) is 11.3 Å². The molecule has 5 N–H and O–H groups in total. The fraction of sp³-hybridized carbons (Fsp3) is 0.190. The zero-order chi connectivity index (χ0) is 21.7. The van der Waals surface area contributed by atoms with Crippen LogP contribution in [0, 0.1) is 0 Å². The summed E-state index contributed by atoms with van der Waals surface area (Å²) >= 11 is 0. The van der Waals surface area contributed by atoms with Gasteiger partial charge in [0, 0.05) is 31.5 Å². The van der Waals surface area contributed by atoms with Crippen LogP contribution < -0.4 is 16.8 Å². The summed E-state index contributed by atoms with van der Waals surface area (Å²) in [6.07, 6.45) is 2.76. The van der Waals surface area contributed by atoms with Crippen molar-refractivity contribution < 1.29 is 13.2 Å². The van der Waals surface area contributed by atoms with Crippen LogP contribution in [0.3, 0.4) is 0 Å². The Morgan fingerprint density at radius 2 is 1.77 bits per heavy atom. The molecule has 0 radical (unpaired) electrons. The number of sulfone groups is 1. The molecule has 8 nitrogen and oxygen atoms in total. The van der Waals surface area contributed by atoms with Crippen LogP contribution in [0.15, 0.2) is 59.6 Å². The maximum atomic E-state index is 11.6. The van der Waals surface area contributed by atoms with Crippen molar-refractivity contribution in [1.82, 2.24) is 15.3 Å². The zero-order valence-corrected chi connectivity index (χ0v) is 17.3. The van der Waals surface area contributed by atoms with Gasteiger partial charge in [-0.1, -0.05) is 30.3 Å². The monoisotopic (exact) mass is 425 g/mol. The van der Waals surface area contributed by atoms with Gasteiger partial charge < -0.3 is 16.8 Å². The van der Waals surface area contributed by atoms with Crippen LogP contribution in [0.1, 0.15) is 27.3 Å². The Kier molecular flexibility index (Phi) is 6.56. The number of nitrogens with one attached hydrogen (secondary N) is 1. The van der Waals surface area contributed by atoms with Crippen molar-refractivity contribution in [3.63, 3.8) is 0 Å². The topological polar surface area (TPSA) is 141 Å². The summed E-state index contributed by atoms with van der Waals surface area (Å²) in [7, 11) is -3.19. The standard InChI is InChI=1S/C21H23N5O3S/c1-30(28,29)17-7-5-14(6-8-17)11-24-12-15-3-2-4-16(9-15)19-13-25-18(10-22)20(26-19)21(23)27/h2-9,13,24H,10-12,22H2,1H3,(H2,23,27). The van der Waals surface area contributed by atoms with Crippen LogP contribution in [0.5, 0.6) is 0 Å². The number of benzene rings is 2. The fourth-order valence-electron chi connectivity index (χ4n) is 2.95. The quantitative estimate of drug-likeness (QED) is 0.495. The number of amides is 1. The van der Waals surface area contributed by atoms with E-state index in [0.717, 1.165) is 16.7 Å². The van der Waals surface area contributed by atoms with E-state index in [4.69, 9.17) is 11.5 Å². The molecule has 0 spiro atoms. The number of primary amides is 1. The second-order valence-electron chi connectivity index (χ2n) is 6.84. The predicted octanol–water partition coefficient (Wildman–Crippen LogP) is 1.39. The summed E-state index contributed by atoms with van der Waals surface area (Å²) < 4.78 is 23.1. The molecule has 30 heavy (non-hydrogen) atoms. The minimum absolute atomic E-state index is 0.0797. The molecule has 0 aliphatic rings. The van der Waals surface area contributed by atoms with Gasteiger partial charge in [0.1, 0.15) is 0 Å². The number of hydrogen-bond acceptors (Lipinski definition) is 7. The number of nitrogens with zero attached hydrogens (tertiary/aromatic N) is 2. The third kappa shape index (κ3) is 5.26. The first-order chi connectivity index (χ1) is 14.3. The minimum Gasteiger partial charge on any atom is -0.364 e. The number of rotatable bonds is 8. The van der Waals surface area contributed by atoms with E-state index >= 15 is 0 Å². The molecule has 0 aliphatic carbocycles. The third-order valence-corrected chi connectivity index (χ3v) is 5.64. The second-order valence-corrected chi connectivity index (χ2v) is 8.85. The fourth-order valence-corrected chi connectivity index (χ4v) is 3.58. The van der Waals surface area contributed by atoms with Crippen molar-refractivity contribution >= 4 is 15.7 Å². The Hall–Kier alpha value is -3.14. The molecular formula is C21H23N5O3S. The number of hydrogen-bond donors (Lipinski definition) is 3. The van der Waals surface area contributed by atoms with Gasteiger partial charge in [-0.05, 0) is 29.3 Å². The molecule has 0 aliphatic heterocycles. The molecule has 156 valence electrons. The second kappa shape index (κ2) is 9.12. The highest BCUT2D eigenvalue weighted by Gasteiger charge is 2.13. The van der Waals surface area contributed by atoms with Gasteiger partial charge in [-0.2, -0.15) is 0 Å². The van der Waals surface area contributed by atoms with E-state index in [-0.39, 0.29) is 12.2 Å². The van der Waals surface area contributed by atoms with E-state index in [1.807, 2.05) is 24.3 Å². The summed E-state index contributed by atoms with van der Waals surface area (Å²) in [6.45, 7) is 1.27. The third-order valence-electron chi connectivity index (χ3n) is 4.51. The summed E-state index contributed by atoms with van der Waals surface area (Å²) in [5, 5.41) is 3.33. The van der Waals surface area contributed by atoms with Crippen LogP contribution in [0.25, 0.3) is 11.3 Å². The van der Waals surface area contributed by atoms with Gasteiger partial charge in [0.2, 0.25) is 0 Å². The van der Waals surface area contributed by atoms with Crippen molar-refractivity contribution in [1.29, 1.82) is 0 Å². The number of aromatic nitrogens is 2. The van der Waals surface area contributed by atoms with E-state index in [0.29, 0.717) is 29.4 Å². The molecule has 1 heterocycles. The molecule has 0 saturated carbocycles. The van der Waals surface area contributed by atoms with Crippen molar-refractivity contribution in [2.45, 2.75) is 24.5 Å². The smallest absolute Gasteiger partial charge is 0.269 e. The average Bonchev–Trinajstić information content (AvgIpc) is 2.73. The molecule has 1 aromatic heterocycles. The molecule has 2 aromatic carbocycles. The first-order valence-electron chi connectivity index (χ1n) is 9.22. The van der Waals surface area contributed by atoms with Crippen LogP contribution in [-0.2, 0) is 29.5 Å². The predicted molar refractivity (Wildman–Crippen MR) is 114 cm³/mol. The number of carbonyl (C=O) groups is 1. The zero-order valence-electron chi connectivity index (χ0n) is 16.5. The van der Waals surface area contributed by atoms with Gasteiger partial charge in [0.05, 0.1) is 22.5 Å². The van der Waals surface area contributed by atoms with Gasteiger partial charge in [-0.25, -0.2) is 13.4 Å². The maximum absolute atomic E-state index is 11.6. The lowest BCUT2D eigenvalue weighted by Crippen LogP contribution is -2.19. The first kappa shape index (κ1) is 21.6. The van der Waals surface area contributed by atoms with Crippen molar-refractivity contribution in [2.24, 2.45) is 11.5 Å². The lowest BCUT2D eigenvalue weighted by atomic mass is 10.1. The van der Waals surface area contributed by atoms with E-state index < -0.39 is 15.7 Å². The van der Waals surface area contributed by atoms with Crippen molar-refractivity contribution in [2.75, 3.05) is 6.26 Å². The van der Waals surface area contributed by atoms with Gasteiger partial charge in [-0.3, -0.25) is 9.78 Å². The van der Waals surface area contributed by atoms with Gasteiger partial charge >= 0.3 is 0 Å². The Labute approximate surface area is 175 Å². The minimum atomic E-state index is -3.19. The highest BCUT2D eigenvalue weighted by molar-refractivity contribution is 7.90.